The third kappa shape index (κ3) is 12.5. The van der Waals surface area contributed by atoms with Crippen LogP contribution in [0.3, 0.4) is 0 Å². The predicted molar refractivity (Wildman–Crippen MR) is 417 cm³/mol. The first kappa shape index (κ1) is 63.6. The summed E-state index contributed by atoms with van der Waals surface area (Å²) in [7, 11) is 3.36. The number of ether oxygens (including phenoxy) is 4. The van der Waals surface area contributed by atoms with Gasteiger partial charge in [-0.1, -0.05) is 226 Å². The fourth-order valence-corrected chi connectivity index (χ4v) is 14.3. The van der Waals surface area contributed by atoms with Gasteiger partial charge >= 0.3 is 0 Å². The molecule has 3 heterocycles. The van der Waals surface area contributed by atoms with Gasteiger partial charge in [0.1, 0.15) is 34.5 Å². The van der Waals surface area contributed by atoms with Crippen molar-refractivity contribution in [1.82, 2.24) is 14.1 Å². The number of phenolic OH excluding ortho intramolecular Hbond substituents is 2. The Morgan fingerprint density at radius 3 is 1.31 bits per heavy atom. The first-order valence-corrected chi connectivity index (χ1v) is 34.2. The number of hydrogen-bond donors (Lipinski definition) is 3. The number of fused-ring (bicyclic) bond motifs is 20. The molecule has 3 N–H and O–H groups in total. The first-order chi connectivity index (χ1) is 49.2. The molecule has 3 aromatic heterocycles. The van der Waals surface area contributed by atoms with Gasteiger partial charge < -0.3 is 43.3 Å². The van der Waals surface area contributed by atoms with Crippen molar-refractivity contribution in [3.63, 3.8) is 0 Å². The Hall–Kier alpha value is -12.5. The molecule has 0 fully saturated rings. The molecule has 9 heteroatoms. The third-order valence-electron chi connectivity index (χ3n) is 18.7. The smallest absolute Gasteiger partial charge is 0.124 e. The van der Waals surface area contributed by atoms with E-state index in [4.69, 9.17) is 18.9 Å². The van der Waals surface area contributed by atoms with Crippen LogP contribution in [0.4, 0.5) is 0 Å². The fraction of sp³-hybridized carbons (Fsp3) is 0.0989. The molecular formula is C91H75N3O6. The Morgan fingerprint density at radius 1 is 0.330 bits per heavy atom. The van der Waals surface area contributed by atoms with E-state index in [-0.39, 0.29) is 11.5 Å². The van der Waals surface area contributed by atoms with Gasteiger partial charge in [-0.2, -0.15) is 0 Å². The first-order valence-electron chi connectivity index (χ1n) is 34.2. The molecule has 15 aromatic carbocycles. The van der Waals surface area contributed by atoms with Crippen LogP contribution < -0.4 is 18.9 Å². The van der Waals surface area contributed by atoms with Crippen molar-refractivity contribution in [2.75, 3.05) is 27.4 Å². The highest BCUT2D eigenvalue weighted by atomic mass is 16.5. The third-order valence-corrected chi connectivity index (χ3v) is 18.7. The Bertz CT molecular complexity index is 5950. The molecule has 0 amide bonds. The minimum Gasteiger partial charge on any atom is -0.508 e. The van der Waals surface area contributed by atoms with Gasteiger partial charge in [0.05, 0.1) is 60.9 Å². The lowest BCUT2D eigenvalue weighted by Gasteiger charge is -2.12. The van der Waals surface area contributed by atoms with Gasteiger partial charge in [0.2, 0.25) is 0 Å². The second-order valence-electron chi connectivity index (χ2n) is 25.1. The van der Waals surface area contributed by atoms with E-state index in [1.807, 2.05) is 66.7 Å². The Balaban J connectivity index is 0.000000104. The van der Waals surface area contributed by atoms with E-state index in [1.54, 1.807) is 26.4 Å². The van der Waals surface area contributed by atoms with E-state index in [1.165, 1.54) is 120 Å². The largest absolute Gasteiger partial charge is 0.508 e. The van der Waals surface area contributed by atoms with Gasteiger partial charge in [0.15, 0.2) is 0 Å². The Kier molecular flexibility index (Phi) is 18.0. The highest BCUT2D eigenvalue weighted by Gasteiger charge is 2.21. The lowest BCUT2D eigenvalue weighted by atomic mass is 9.98. The lowest BCUT2D eigenvalue weighted by molar-refractivity contribution is 0.301. The van der Waals surface area contributed by atoms with E-state index in [0.717, 1.165) is 83.3 Å². The zero-order chi connectivity index (χ0) is 68.1. The van der Waals surface area contributed by atoms with Gasteiger partial charge in [-0.15, -0.1) is 0 Å². The number of aromatic nitrogens is 3. The predicted octanol–water partition coefficient (Wildman–Crippen LogP) is 23.5. The van der Waals surface area contributed by atoms with Crippen LogP contribution in [0.15, 0.2) is 303 Å². The Morgan fingerprint density at radius 2 is 0.760 bits per heavy atom. The van der Waals surface area contributed by atoms with Crippen molar-refractivity contribution in [3.05, 3.63) is 314 Å². The maximum atomic E-state index is 9.94. The number of hydrogen-bond acceptors (Lipinski definition) is 6. The van der Waals surface area contributed by atoms with E-state index >= 15 is 0 Å². The van der Waals surface area contributed by atoms with Crippen molar-refractivity contribution >= 4 is 109 Å². The second-order valence-corrected chi connectivity index (χ2v) is 25.1. The van der Waals surface area contributed by atoms with Crippen LogP contribution in [0.5, 0.6) is 34.5 Å². The molecule has 0 aliphatic heterocycles. The minimum atomic E-state index is 0.0433. The van der Waals surface area contributed by atoms with Gasteiger partial charge in [-0.3, -0.25) is 0 Å². The lowest BCUT2D eigenvalue weighted by Crippen LogP contribution is -1.97. The maximum Gasteiger partial charge on any atom is 0.124 e. The average Bonchev–Trinajstić information content (AvgIpc) is 1.59. The molecule has 0 radical (unpaired) electrons. The number of phenols is 2. The monoisotopic (exact) mass is 1310 g/mol. The highest BCUT2D eigenvalue weighted by molar-refractivity contribution is 6.23. The number of aromatic amines is 1. The SMILES string of the molecule is CCCOc1cccc(OCCC)c1.COc1cc(OC)cc(-n2c3ccccc3c3c4ccccc4ccc32)c1.Oc1cc(O)cc(-n2c3ccccc3c3c4ccccc4ccc32)c1.c1ccc2c(c1)Cc1ccc3ccccc3c1-2.c1ccc2c(c1)ccc1[nH]c3ccccc3c12. The van der Waals surface area contributed by atoms with Crippen LogP contribution in [0.2, 0.25) is 0 Å². The Labute approximate surface area is 580 Å². The summed E-state index contributed by atoms with van der Waals surface area (Å²) in [4.78, 5) is 3.47. The van der Waals surface area contributed by atoms with Crippen molar-refractivity contribution < 1.29 is 29.2 Å². The standard InChI is InChI=1S/C24H19NO2.C22H15NO2.C17H12.C16H11N.C12H18O2/c1-26-18-13-17(14-19(15-18)27-2)25-22-10-6-5-9-21(22)24-20-8-4-3-7-16(20)11-12-23(24)25;24-16-11-15(12-17(25)13-16)23-20-8-4-3-7-19(20)22-18-6-2-1-5-14(18)9-10-21(22)23;1-3-7-15-12(5-1)9-10-14-11-13-6-2-4-8-16(13)17(14)15;1-2-6-12-11(5-1)9-10-15-16(12)13-7-3-4-8-14(13)17-15;1-3-8-13-11-6-5-7-12(10-11)14-9-4-2/h3-15H,1-2H3;1-13,24-25H;1-10H,11H2;1-10,17H;5-7,10H,3-4,8-9H2,1-2H3. The van der Waals surface area contributed by atoms with Gasteiger partial charge in [-0.05, 0) is 133 Å². The van der Waals surface area contributed by atoms with Crippen LogP contribution in [-0.4, -0.2) is 51.8 Å². The van der Waals surface area contributed by atoms with E-state index in [2.05, 4.69) is 246 Å². The van der Waals surface area contributed by atoms with Crippen LogP contribution >= 0.6 is 0 Å². The summed E-state index contributed by atoms with van der Waals surface area (Å²) >= 11 is 0. The van der Waals surface area contributed by atoms with Gasteiger partial charge in [0.25, 0.3) is 0 Å². The molecule has 0 bridgehead atoms. The van der Waals surface area contributed by atoms with Crippen molar-refractivity contribution in [2.45, 2.75) is 33.1 Å². The topological polar surface area (TPSA) is 103 Å². The summed E-state index contributed by atoms with van der Waals surface area (Å²) in [6, 6.07) is 104. The molecular weight excluding hydrogens is 1230 g/mol. The molecule has 0 saturated heterocycles. The van der Waals surface area contributed by atoms with E-state index in [0.29, 0.717) is 0 Å². The summed E-state index contributed by atoms with van der Waals surface area (Å²) in [5.41, 5.74) is 14.4. The average molecular weight is 1310 g/mol. The van der Waals surface area contributed by atoms with Crippen molar-refractivity contribution in [2.24, 2.45) is 0 Å². The number of para-hydroxylation sites is 3. The molecule has 0 saturated carbocycles. The summed E-state index contributed by atoms with van der Waals surface area (Å²) in [5, 5.41) is 37.6. The van der Waals surface area contributed by atoms with Crippen molar-refractivity contribution in [1.29, 1.82) is 0 Å². The number of nitrogens with one attached hydrogen (secondary N) is 1. The zero-order valence-electron chi connectivity index (χ0n) is 56.3. The molecule has 18 aromatic rings. The number of H-pyrrole nitrogens is 1. The minimum absolute atomic E-state index is 0.0433. The molecule has 1 aliphatic rings. The molecule has 0 spiro atoms. The molecule has 0 atom stereocenters. The van der Waals surface area contributed by atoms with E-state index < -0.39 is 0 Å². The summed E-state index contributed by atoms with van der Waals surface area (Å²) < 4.78 is 26.3. The molecule has 1 aliphatic carbocycles. The van der Waals surface area contributed by atoms with E-state index in [9.17, 15) is 10.2 Å². The van der Waals surface area contributed by atoms with Crippen LogP contribution in [-0.2, 0) is 6.42 Å². The van der Waals surface area contributed by atoms with Gasteiger partial charge in [-0.25, -0.2) is 0 Å². The highest BCUT2D eigenvalue weighted by Crippen LogP contribution is 2.43. The van der Waals surface area contributed by atoms with Crippen LogP contribution in [0.25, 0.3) is 131 Å². The zero-order valence-corrected chi connectivity index (χ0v) is 56.3. The van der Waals surface area contributed by atoms with Crippen molar-refractivity contribution in [3.8, 4) is 57.0 Å². The number of aromatic hydroxyl groups is 2. The molecule has 100 heavy (non-hydrogen) atoms. The quantitative estimate of drug-likeness (QED) is 0.126. The van der Waals surface area contributed by atoms with Gasteiger partial charge in [0, 0.05) is 85.8 Å². The van der Waals surface area contributed by atoms with Crippen LogP contribution in [0, 0.1) is 0 Å². The molecule has 0 unspecified atom stereocenters. The number of methoxy groups -OCH3 is 2. The normalized spacial score (nSPS) is 11.4. The maximum absolute atomic E-state index is 9.94. The summed E-state index contributed by atoms with van der Waals surface area (Å²) in [6.07, 6.45) is 3.14. The fourth-order valence-electron chi connectivity index (χ4n) is 14.3. The number of benzene rings is 15. The summed E-state index contributed by atoms with van der Waals surface area (Å²) in [6.45, 7) is 5.71. The second kappa shape index (κ2) is 28.3. The number of nitrogens with zero attached hydrogens (tertiary/aromatic N) is 2. The molecule has 19 rings (SSSR count). The molecule has 9 nitrogen and oxygen atoms in total. The van der Waals surface area contributed by atoms with Crippen LogP contribution in [0.1, 0.15) is 37.8 Å². The number of rotatable bonds is 10. The summed E-state index contributed by atoms with van der Waals surface area (Å²) in [5.74, 6) is 3.41. The molecule has 490 valence electrons.